The first-order valence-corrected chi connectivity index (χ1v) is 11.7. The Morgan fingerprint density at radius 3 is 2.40 bits per heavy atom. The molecule has 4 N–H and O–H groups in total. The predicted molar refractivity (Wildman–Crippen MR) is 129 cm³/mol. The second-order valence-corrected chi connectivity index (χ2v) is 8.85. The van der Waals surface area contributed by atoms with Gasteiger partial charge in [0, 0.05) is 6.61 Å². The van der Waals surface area contributed by atoms with Gasteiger partial charge in [-0.25, -0.2) is 4.39 Å². The van der Waals surface area contributed by atoms with E-state index in [-0.39, 0.29) is 18.0 Å². The smallest absolute Gasteiger partial charge is 0.147 e. The van der Waals surface area contributed by atoms with Crippen LogP contribution in [0.1, 0.15) is 35.3 Å². The number of hydrogen-bond donors (Lipinski definition) is 4. The van der Waals surface area contributed by atoms with Gasteiger partial charge in [0.15, 0.2) is 0 Å². The summed E-state index contributed by atoms with van der Waals surface area (Å²) in [5, 5.41) is 43.5. The average molecular weight is 483 g/mol. The standard InChI is InChI=1S/C28H31FO6/c1-3-34-26(19-7-5-4-6-8-19)22-13-17(2)21(18-9-11-20(29)12-10-18)14-23(22)28(33)25(15-30)35-16-24(31)27(28)32/h4-14,24-27,30-33H,3,15-16H2,1-2H3. The Balaban J connectivity index is 2.00. The van der Waals surface area contributed by atoms with Crippen molar-refractivity contribution in [3.05, 3.63) is 94.8 Å². The lowest BCUT2D eigenvalue weighted by atomic mass is 9.74. The summed E-state index contributed by atoms with van der Waals surface area (Å²) in [7, 11) is 0. The largest absolute Gasteiger partial charge is 0.394 e. The molecule has 1 aliphatic heterocycles. The van der Waals surface area contributed by atoms with Crippen LogP contribution in [-0.4, -0.2) is 58.6 Å². The Labute approximate surface area is 204 Å². The fraction of sp³-hybridized carbons (Fsp3) is 0.357. The van der Waals surface area contributed by atoms with E-state index in [1.54, 1.807) is 18.2 Å². The van der Waals surface area contributed by atoms with Crippen LogP contribution in [-0.2, 0) is 15.1 Å². The molecule has 0 amide bonds. The fourth-order valence-corrected chi connectivity index (χ4v) is 4.84. The van der Waals surface area contributed by atoms with Crippen molar-refractivity contribution in [1.29, 1.82) is 0 Å². The molecule has 6 nitrogen and oxygen atoms in total. The van der Waals surface area contributed by atoms with E-state index in [1.807, 2.05) is 50.2 Å². The zero-order valence-electron chi connectivity index (χ0n) is 19.8. The molecule has 4 rings (SSSR count). The molecule has 0 bridgehead atoms. The number of aryl methyl sites for hydroxylation is 1. The lowest BCUT2D eigenvalue weighted by Crippen LogP contribution is -2.62. The molecule has 0 saturated carbocycles. The molecule has 5 atom stereocenters. The van der Waals surface area contributed by atoms with Crippen LogP contribution < -0.4 is 0 Å². The third kappa shape index (κ3) is 4.76. The molecule has 0 aliphatic carbocycles. The number of rotatable bonds is 7. The van der Waals surface area contributed by atoms with Crippen molar-refractivity contribution in [2.75, 3.05) is 19.8 Å². The van der Waals surface area contributed by atoms with Crippen LogP contribution in [0.5, 0.6) is 0 Å². The van der Waals surface area contributed by atoms with Crippen LogP contribution in [0.15, 0.2) is 66.7 Å². The summed E-state index contributed by atoms with van der Waals surface area (Å²) in [6.07, 6.45) is -4.80. The topological polar surface area (TPSA) is 99.4 Å². The van der Waals surface area contributed by atoms with Crippen molar-refractivity contribution in [2.45, 2.75) is 43.9 Å². The van der Waals surface area contributed by atoms with Crippen LogP contribution in [0.4, 0.5) is 4.39 Å². The number of benzene rings is 3. The maximum Gasteiger partial charge on any atom is 0.147 e. The molecule has 35 heavy (non-hydrogen) atoms. The molecule has 1 saturated heterocycles. The van der Waals surface area contributed by atoms with Gasteiger partial charge >= 0.3 is 0 Å². The molecule has 1 aliphatic rings. The van der Waals surface area contributed by atoms with Gasteiger partial charge in [-0.3, -0.25) is 0 Å². The van der Waals surface area contributed by atoms with E-state index < -0.39 is 36.6 Å². The Kier molecular flexibility index (Phi) is 7.66. The van der Waals surface area contributed by atoms with Gasteiger partial charge < -0.3 is 29.9 Å². The Hall–Kier alpha value is -2.65. The highest BCUT2D eigenvalue weighted by Gasteiger charge is 2.53. The van der Waals surface area contributed by atoms with E-state index in [4.69, 9.17) is 9.47 Å². The highest BCUT2D eigenvalue weighted by molar-refractivity contribution is 5.70. The molecule has 1 heterocycles. The first kappa shape index (κ1) is 25.4. The van der Waals surface area contributed by atoms with Gasteiger partial charge in [-0.05, 0) is 65.4 Å². The van der Waals surface area contributed by atoms with Crippen molar-refractivity contribution >= 4 is 0 Å². The van der Waals surface area contributed by atoms with Gasteiger partial charge in [0.05, 0.1) is 13.2 Å². The summed E-state index contributed by atoms with van der Waals surface area (Å²) in [6, 6.07) is 19.0. The molecule has 5 unspecified atom stereocenters. The minimum atomic E-state index is -2.14. The summed E-state index contributed by atoms with van der Waals surface area (Å²) in [5.41, 5.74) is 1.76. The van der Waals surface area contributed by atoms with Crippen LogP contribution in [0.3, 0.4) is 0 Å². The van der Waals surface area contributed by atoms with Gasteiger partial charge in [-0.1, -0.05) is 48.5 Å². The molecule has 3 aromatic rings. The van der Waals surface area contributed by atoms with Crippen molar-refractivity contribution < 1.29 is 34.3 Å². The second-order valence-electron chi connectivity index (χ2n) is 8.85. The zero-order chi connectivity index (χ0) is 25.2. The van der Waals surface area contributed by atoms with E-state index in [1.165, 1.54) is 12.1 Å². The number of halogens is 1. The molecule has 3 aromatic carbocycles. The number of aliphatic hydroxyl groups excluding tert-OH is 3. The first-order valence-electron chi connectivity index (χ1n) is 11.7. The third-order valence-electron chi connectivity index (χ3n) is 6.64. The lowest BCUT2D eigenvalue weighted by Gasteiger charge is -2.46. The lowest BCUT2D eigenvalue weighted by molar-refractivity contribution is -0.255. The van der Waals surface area contributed by atoms with Crippen molar-refractivity contribution in [2.24, 2.45) is 0 Å². The maximum absolute atomic E-state index is 13.6. The van der Waals surface area contributed by atoms with Gasteiger partial charge in [-0.2, -0.15) is 0 Å². The van der Waals surface area contributed by atoms with Crippen LogP contribution in [0.2, 0.25) is 0 Å². The highest BCUT2D eigenvalue weighted by atomic mass is 19.1. The van der Waals surface area contributed by atoms with Crippen molar-refractivity contribution in [3.63, 3.8) is 0 Å². The fourth-order valence-electron chi connectivity index (χ4n) is 4.84. The predicted octanol–water partition coefficient (Wildman–Crippen LogP) is 3.23. The molecule has 0 spiro atoms. The summed E-state index contributed by atoms with van der Waals surface area (Å²) in [4.78, 5) is 0. The van der Waals surface area contributed by atoms with Gasteiger partial charge in [-0.15, -0.1) is 0 Å². The third-order valence-corrected chi connectivity index (χ3v) is 6.64. The Bertz CT molecular complexity index is 1130. The summed E-state index contributed by atoms with van der Waals surface area (Å²) >= 11 is 0. The van der Waals surface area contributed by atoms with Crippen LogP contribution in [0, 0.1) is 12.7 Å². The molecule has 1 fully saturated rings. The number of hydrogen-bond acceptors (Lipinski definition) is 6. The molecular weight excluding hydrogens is 451 g/mol. The molecule has 0 radical (unpaired) electrons. The number of aliphatic hydroxyl groups is 4. The maximum atomic E-state index is 13.6. The van der Waals surface area contributed by atoms with Crippen LogP contribution >= 0.6 is 0 Å². The minimum absolute atomic E-state index is 0.228. The van der Waals surface area contributed by atoms with E-state index in [0.29, 0.717) is 23.3 Å². The molecular formula is C28H31FO6. The monoisotopic (exact) mass is 482 g/mol. The van der Waals surface area contributed by atoms with E-state index in [2.05, 4.69) is 0 Å². The van der Waals surface area contributed by atoms with Gasteiger partial charge in [0.25, 0.3) is 0 Å². The molecule has 7 heteroatoms. The normalized spacial score (nSPS) is 25.4. The second kappa shape index (κ2) is 10.5. The van der Waals surface area contributed by atoms with Crippen molar-refractivity contribution in [3.8, 4) is 11.1 Å². The molecule has 186 valence electrons. The zero-order valence-corrected chi connectivity index (χ0v) is 19.8. The summed E-state index contributed by atoms with van der Waals surface area (Å²) in [5.74, 6) is -0.373. The average Bonchev–Trinajstić information content (AvgIpc) is 2.87. The first-order chi connectivity index (χ1) is 16.8. The summed E-state index contributed by atoms with van der Waals surface area (Å²) in [6.45, 7) is 3.33. The number of ether oxygens (including phenoxy) is 2. The van der Waals surface area contributed by atoms with E-state index in [0.717, 1.165) is 11.1 Å². The van der Waals surface area contributed by atoms with Gasteiger partial charge in [0.1, 0.15) is 35.8 Å². The SMILES string of the molecule is CCOC(c1ccccc1)c1cc(C)c(-c2ccc(F)cc2)cc1C1(O)C(CO)OCC(O)C1O. The minimum Gasteiger partial charge on any atom is -0.394 e. The Morgan fingerprint density at radius 1 is 1.09 bits per heavy atom. The highest BCUT2D eigenvalue weighted by Crippen LogP contribution is 2.44. The van der Waals surface area contributed by atoms with Crippen LogP contribution in [0.25, 0.3) is 11.1 Å². The summed E-state index contributed by atoms with van der Waals surface area (Å²) < 4.78 is 25.3. The van der Waals surface area contributed by atoms with E-state index >= 15 is 0 Å². The Morgan fingerprint density at radius 2 is 1.77 bits per heavy atom. The molecule has 0 aromatic heterocycles. The van der Waals surface area contributed by atoms with Gasteiger partial charge in [0.2, 0.25) is 0 Å². The quantitative estimate of drug-likeness (QED) is 0.413. The van der Waals surface area contributed by atoms with Crippen molar-refractivity contribution in [1.82, 2.24) is 0 Å². The van der Waals surface area contributed by atoms with E-state index in [9.17, 15) is 24.8 Å².